The van der Waals surface area contributed by atoms with Gasteiger partial charge >= 0.3 is 12.1 Å². The molecule has 1 unspecified atom stereocenters. The zero-order valence-electron chi connectivity index (χ0n) is 19.7. The van der Waals surface area contributed by atoms with Gasteiger partial charge in [-0.2, -0.15) is 13.2 Å². The molecule has 1 atom stereocenters. The monoisotopic (exact) mass is 509 g/mol. The first-order valence-electron chi connectivity index (χ1n) is 10.4. The average molecular weight is 510 g/mol. The van der Waals surface area contributed by atoms with Gasteiger partial charge in [0.2, 0.25) is 0 Å². The number of benzene rings is 1. The number of aryl methyl sites for hydroxylation is 1. The summed E-state index contributed by atoms with van der Waals surface area (Å²) in [6.45, 7) is 3.38. The van der Waals surface area contributed by atoms with Crippen molar-refractivity contribution in [2.75, 3.05) is 14.2 Å². The SMILES string of the molecule is CO/N=C(/C(=O)OC)c1cccc(C)c1CO/N=C(C)/C(N)=C/C(=S)C1=CC=CC(C(F)(F)F)C1. The lowest BCUT2D eigenvalue weighted by atomic mass is 9.91. The number of alkyl halides is 3. The standard InChI is InChI=1S/C24H26F3N3O4S/c1-14-7-5-10-18(22(30-33-4)23(31)32-3)19(14)13-34-29-15(2)20(28)12-21(35)16-8-6-9-17(11-16)24(25,26)27/h5-10,12,17H,11,13,28H2,1-4H3/b20-12-,29-15+,30-22+. The summed E-state index contributed by atoms with van der Waals surface area (Å²) in [7, 11) is 2.54. The summed E-state index contributed by atoms with van der Waals surface area (Å²) in [5, 5.41) is 7.75. The Labute approximate surface area is 206 Å². The van der Waals surface area contributed by atoms with Crippen molar-refractivity contribution in [1.82, 2.24) is 0 Å². The number of thiocarbonyl (C=S) groups is 1. The van der Waals surface area contributed by atoms with Crippen LogP contribution in [0.5, 0.6) is 0 Å². The second kappa shape index (κ2) is 12.3. The molecule has 0 saturated carbocycles. The highest BCUT2D eigenvalue weighted by Crippen LogP contribution is 2.34. The molecule has 2 rings (SSSR count). The van der Waals surface area contributed by atoms with Crippen LogP contribution in [0.25, 0.3) is 0 Å². The van der Waals surface area contributed by atoms with Gasteiger partial charge in [0.15, 0.2) is 5.71 Å². The fourth-order valence-electron chi connectivity index (χ4n) is 3.17. The zero-order chi connectivity index (χ0) is 26.2. The number of halogens is 3. The molecule has 188 valence electrons. The number of hydrogen-bond acceptors (Lipinski definition) is 8. The molecular weight excluding hydrogens is 483 g/mol. The predicted octanol–water partition coefficient (Wildman–Crippen LogP) is 4.69. The van der Waals surface area contributed by atoms with E-state index in [0.29, 0.717) is 16.7 Å². The maximum atomic E-state index is 13.0. The van der Waals surface area contributed by atoms with E-state index in [9.17, 15) is 18.0 Å². The maximum absolute atomic E-state index is 13.0. The van der Waals surface area contributed by atoms with Gasteiger partial charge in [0, 0.05) is 16.0 Å². The van der Waals surface area contributed by atoms with Gasteiger partial charge in [-0.25, -0.2) is 4.79 Å². The van der Waals surface area contributed by atoms with Gasteiger partial charge in [-0.15, -0.1) is 0 Å². The predicted molar refractivity (Wildman–Crippen MR) is 131 cm³/mol. The number of carbonyl (C=O) groups excluding carboxylic acids is 1. The van der Waals surface area contributed by atoms with E-state index in [1.807, 2.05) is 13.0 Å². The Morgan fingerprint density at radius 3 is 2.63 bits per heavy atom. The van der Waals surface area contributed by atoms with Crippen LogP contribution in [0, 0.1) is 12.8 Å². The molecule has 1 aromatic rings. The highest BCUT2D eigenvalue weighted by molar-refractivity contribution is 7.81. The molecule has 0 bridgehead atoms. The molecule has 11 heteroatoms. The van der Waals surface area contributed by atoms with Crippen LogP contribution >= 0.6 is 12.2 Å². The van der Waals surface area contributed by atoms with Crippen LogP contribution in [0.3, 0.4) is 0 Å². The molecule has 2 N–H and O–H groups in total. The minimum absolute atomic E-state index is 0.0278. The van der Waals surface area contributed by atoms with Crippen molar-refractivity contribution in [3.63, 3.8) is 0 Å². The number of oxime groups is 2. The number of methoxy groups -OCH3 is 1. The van der Waals surface area contributed by atoms with Crippen molar-refractivity contribution in [2.24, 2.45) is 22.0 Å². The van der Waals surface area contributed by atoms with E-state index in [2.05, 4.69) is 10.3 Å². The van der Waals surface area contributed by atoms with Crippen LogP contribution in [0.4, 0.5) is 13.2 Å². The highest BCUT2D eigenvalue weighted by atomic mass is 32.1. The third-order valence-electron chi connectivity index (χ3n) is 5.16. The molecule has 35 heavy (non-hydrogen) atoms. The fraction of sp³-hybridized carbons (Fsp3) is 0.333. The lowest BCUT2D eigenvalue weighted by molar-refractivity contribution is -0.160. The molecule has 1 aliphatic rings. The summed E-state index contributed by atoms with van der Waals surface area (Å²) in [6, 6.07) is 5.25. The number of nitrogens with zero attached hydrogens (tertiary/aromatic N) is 2. The summed E-state index contributed by atoms with van der Waals surface area (Å²) >= 11 is 5.27. The average Bonchev–Trinajstić information content (AvgIpc) is 2.82. The molecule has 0 amide bonds. The maximum Gasteiger partial charge on any atom is 0.395 e. The molecular formula is C24H26F3N3O4S. The number of carbonyl (C=O) groups is 1. The molecule has 7 nitrogen and oxygen atoms in total. The highest BCUT2D eigenvalue weighted by Gasteiger charge is 2.39. The Bertz CT molecular complexity index is 1120. The van der Waals surface area contributed by atoms with E-state index in [0.717, 1.165) is 11.6 Å². The van der Waals surface area contributed by atoms with Gasteiger partial charge in [0.05, 0.1) is 24.4 Å². The van der Waals surface area contributed by atoms with Gasteiger partial charge in [-0.3, -0.25) is 0 Å². The van der Waals surface area contributed by atoms with E-state index in [1.165, 1.54) is 32.4 Å². The topological polar surface area (TPSA) is 95.5 Å². The van der Waals surface area contributed by atoms with E-state index >= 15 is 0 Å². The largest absolute Gasteiger partial charge is 0.464 e. The smallest absolute Gasteiger partial charge is 0.395 e. The second-order valence-corrected chi connectivity index (χ2v) is 8.00. The first kappa shape index (κ1) is 27.8. The van der Waals surface area contributed by atoms with Crippen molar-refractivity contribution in [3.8, 4) is 0 Å². The van der Waals surface area contributed by atoms with Gasteiger partial charge in [-0.1, -0.05) is 59.0 Å². The number of hydrogen-bond donors (Lipinski definition) is 1. The molecule has 0 saturated heterocycles. The number of ether oxygens (including phenoxy) is 1. The van der Waals surface area contributed by atoms with Crippen molar-refractivity contribution >= 4 is 34.5 Å². The Morgan fingerprint density at radius 2 is 2.00 bits per heavy atom. The Kier molecular flexibility index (Phi) is 9.76. The van der Waals surface area contributed by atoms with E-state index in [1.54, 1.807) is 19.1 Å². The number of rotatable bonds is 9. The molecule has 0 radical (unpaired) electrons. The Morgan fingerprint density at radius 1 is 1.29 bits per heavy atom. The van der Waals surface area contributed by atoms with Crippen LogP contribution in [0.15, 0.2) is 64.1 Å². The molecule has 0 aliphatic heterocycles. The summed E-state index contributed by atoms with van der Waals surface area (Å²) in [5.41, 5.74) is 8.67. The van der Waals surface area contributed by atoms with Gasteiger partial charge in [0.25, 0.3) is 0 Å². The third kappa shape index (κ3) is 7.51. The normalized spacial score (nSPS) is 17.1. The quantitative estimate of drug-likeness (QED) is 0.171. The van der Waals surface area contributed by atoms with Crippen LogP contribution in [0.2, 0.25) is 0 Å². The van der Waals surface area contributed by atoms with Crippen molar-refractivity contribution < 1.29 is 32.4 Å². The number of nitrogens with two attached hydrogens (primary N) is 1. The van der Waals surface area contributed by atoms with Crippen LogP contribution in [-0.4, -0.2) is 42.7 Å². The van der Waals surface area contributed by atoms with E-state index in [-0.39, 0.29) is 35.0 Å². The summed E-state index contributed by atoms with van der Waals surface area (Å²) in [6.07, 6.45) is 0.765. The third-order valence-corrected chi connectivity index (χ3v) is 5.54. The van der Waals surface area contributed by atoms with Crippen LogP contribution < -0.4 is 5.73 Å². The lowest BCUT2D eigenvalue weighted by Gasteiger charge is -2.20. The summed E-state index contributed by atoms with van der Waals surface area (Å²) in [4.78, 5) is 22.6. The van der Waals surface area contributed by atoms with Gasteiger partial charge in [-0.05, 0) is 37.5 Å². The Balaban J connectivity index is 2.16. The first-order valence-corrected chi connectivity index (χ1v) is 10.8. The lowest BCUT2D eigenvalue weighted by Crippen LogP contribution is -2.24. The first-order chi connectivity index (χ1) is 16.5. The van der Waals surface area contributed by atoms with E-state index < -0.39 is 18.1 Å². The van der Waals surface area contributed by atoms with Crippen molar-refractivity contribution in [2.45, 2.75) is 33.1 Å². The summed E-state index contributed by atoms with van der Waals surface area (Å²) in [5.74, 6) is -2.27. The molecule has 0 fully saturated rings. The molecule has 0 aromatic heterocycles. The Hall–Kier alpha value is -3.47. The minimum atomic E-state index is -4.35. The van der Waals surface area contributed by atoms with Crippen LogP contribution in [0.1, 0.15) is 30.0 Å². The zero-order valence-corrected chi connectivity index (χ0v) is 20.5. The van der Waals surface area contributed by atoms with Crippen molar-refractivity contribution in [3.05, 3.63) is 70.5 Å². The number of esters is 1. The van der Waals surface area contributed by atoms with Gasteiger partial charge < -0.3 is 20.1 Å². The van der Waals surface area contributed by atoms with E-state index in [4.69, 9.17) is 32.4 Å². The minimum Gasteiger partial charge on any atom is -0.464 e. The summed E-state index contributed by atoms with van der Waals surface area (Å²) < 4.78 is 43.8. The molecule has 1 aliphatic carbocycles. The van der Waals surface area contributed by atoms with Crippen LogP contribution in [-0.2, 0) is 25.8 Å². The fourth-order valence-corrected chi connectivity index (χ4v) is 3.45. The van der Waals surface area contributed by atoms with Gasteiger partial charge in [0.1, 0.15) is 13.7 Å². The number of allylic oxidation sites excluding steroid dienone is 6. The molecule has 0 heterocycles. The molecule has 0 spiro atoms. The second-order valence-electron chi connectivity index (χ2n) is 7.56. The molecule has 1 aromatic carbocycles. The van der Waals surface area contributed by atoms with Crippen molar-refractivity contribution in [1.29, 1.82) is 0 Å².